The Kier molecular flexibility index (Phi) is 10.9. The fourth-order valence-corrected chi connectivity index (χ4v) is 6.71. The third-order valence-electron chi connectivity index (χ3n) is 6.60. The number of hydrogen-bond donors (Lipinski definition) is 3. The van der Waals surface area contributed by atoms with Crippen molar-refractivity contribution in [2.75, 3.05) is 29.6 Å². The molecule has 0 radical (unpaired) electrons. The molecule has 194 valence electrons. The van der Waals surface area contributed by atoms with Gasteiger partial charge in [-0.3, -0.25) is 9.59 Å². The molecule has 8 heteroatoms. The third kappa shape index (κ3) is 8.75. The molecule has 0 bridgehead atoms. The van der Waals surface area contributed by atoms with Crippen molar-refractivity contribution < 1.29 is 14.3 Å². The molecule has 2 aromatic carbocycles. The summed E-state index contributed by atoms with van der Waals surface area (Å²) in [6.07, 6.45) is 6.53. The Hall–Kier alpha value is -2.16. The van der Waals surface area contributed by atoms with Gasteiger partial charge in [0.1, 0.15) is 17.5 Å². The summed E-state index contributed by atoms with van der Waals surface area (Å²) in [5.74, 6) is 5.46. The first-order chi connectivity index (χ1) is 17.7. The average molecular weight is 528 g/mol. The standard InChI is InChI=1S/C28H37N3O3S2/c32-27(30-17-21-11-13-24(14-12-21)34-23-9-5-2-6-10-23)26(20-36-18-22-7-3-1-4-8-22)31-28(33)25-19-35-16-15-29-25/h2,5-6,9-14,22,25-26,29H,1,3-4,7-8,15-20H2,(H,30,32)(H,31,33). The van der Waals surface area contributed by atoms with Crippen LogP contribution in [0, 0.1) is 5.92 Å². The Bertz CT molecular complexity index is 946. The van der Waals surface area contributed by atoms with Gasteiger partial charge in [0.05, 0.1) is 6.04 Å². The van der Waals surface area contributed by atoms with Gasteiger partial charge in [-0.25, -0.2) is 0 Å². The van der Waals surface area contributed by atoms with Gasteiger partial charge in [0.15, 0.2) is 0 Å². The Balaban J connectivity index is 1.29. The van der Waals surface area contributed by atoms with E-state index in [1.165, 1.54) is 32.1 Å². The molecule has 0 spiro atoms. The lowest BCUT2D eigenvalue weighted by Gasteiger charge is -2.26. The lowest BCUT2D eigenvalue weighted by molar-refractivity contribution is -0.129. The number of carbonyl (C=O) groups is 2. The second-order valence-electron chi connectivity index (χ2n) is 9.46. The molecular formula is C28H37N3O3S2. The zero-order valence-corrected chi connectivity index (χ0v) is 22.4. The van der Waals surface area contributed by atoms with Crippen LogP contribution in [-0.4, -0.2) is 53.5 Å². The first kappa shape index (κ1) is 26.9. The molecule has 2 atom stereocenters. The van der Waals surface area contributed by atoms with Gasteiger partial charge in [0.25, 0.3) is 0 Å². The van der Waals surface area contributed by atoms with Crippen LogP contribution in [0.1, 0.15) is 37.7 Å². The minimum absolute atomic E-state index is 0.0805. The zero-order chi connectivity index (χ0) is 25.0. The van der Waals surface area contributed by atoms with Crippen LogP contribution in [0.2, 0.25) is 0 Å². The number of ether oxygens (including phenoxy) is 1. The summed E-state index contributed by atoms with van der Waals surface area (Å²) in [6, 6.07) is 16.6. The third-order valence-corrected chi connectivity index (χ3v) is 8.94. The summed E-state index contributed by atoms with van der Waals surface area (Å²) in [5.41, 5.74) is 0.981. The van der Waals surface area contributed by atoms with Crippen molar-refractivity contribution in [2.45, 2.75) is 50.7 Å². The van der Waals surface area contributed by atoms with E-state index in [2.05, 4.69) is 16.0 Å². The first-order valence-electron chi connectivity index (χ1n) is 13.0. The Morgan fingerprint density at radius 2 is 1.78 bits per heavy atom. The summed E-state index contributed by atoms with van der Waals surface area (Å²) in [7, 11) is 0. The minimum atomic E-state index is -0.541. The van der Waals surface area contributed by atoms with Crippen molar-refractivity contribution in [1.82, 2.24) is 16.0 Å². The first-order valence-corrected chi connectivity index (χ1v) is 15.3. The summed E-state index contributed by atoms with van der Waals surface area (Å²) < 4.78 is 5.85. The predicted molar refractivity (Wildman–Crippen MR) is 150 cm³/mol. The second kappa shape index (κ2) is 14.5. The number of para-hydroxylation sites is 1. The van der Waals surface area contributed by atoms with Crippen molar-refractivity contribution in [2.24, 2.45) is 5.92 Å². The lowest BCUT2D eigenvalue weighted by Crippen LogP contribution is -2.55. The monoisotopic (exact) mass is 527 g/mol. The summed E-state index contributed by atoms with van der Waals surface area (Å²) in [5, 5.41) is 9.33. The molecule has 2 aromatic rings. The van der Waals surface area contributed by atoms with Crippen LogP contribution in [0.4, 0.5) is 0 Å². The van der Waals surface area contributed by atoms with E-state index >= 15 is 0 Å². The average Bonchev–Trinajstić information content (AvgIpc) is 2.93. The van der Waals surface area contributed by atoms with Crippen LogP contribution in [0.15, 0.2) is 54.6 Å². The summed E-state index contributed by atoms with van der Waals surface area (Å²) in [4.78, 5) is 26.0. The van der Waals surface area contributed by atoms with Crippen LogP contribution in [0.3, 0.4) is 0 Å². The number of thioether (sulfide) groups is 2. The van der Waals surface area contributed by atoms with Gasteiger partial charge in [0, 0.05) is 30.3 Å². The Morgan fingerprint density at radius 3 is 2.50 bits per heavy atom. The number of carbonyl (C=O) groups excluding carboxylic acids is 2. The molecule has 1 heterocycles. The fraction of sp³-hybridized carbons (Fsp3) is 0.500. The van der Waals surface area contributed by atoms with Gasteiger partial charge >= 0.3 is 0 Å². The van der Waals surface area contributed by atoms with Crippen molar-refractivity contribution >= 4 is 35.3 Å². The number of hydrogen-bond acceptors (Lipinski definition) is 6. The van der Waals surface area contributed by atoms with Gasteiger partial charge in [-0.05, 0) is 54.3 Å². The summed E-state index contributed by atoms with van der Waals surface area (Å²) >= 11 is 3.56. The molecule has 3 N–H and O–H groups in total. The van der Waals surface area contributed by atoms with Crippen molar-refractivity contribution in [1.29, 1.82) is 0 Å². The van der Waals surface area contributed by atoms with Crippen LogP contribution in [0.25, 0.3) is 0 Å². The van der Waals surface area contributed by atoms with E-state index in [1.807, 2.05) is 54.6 Å². The highest BCUT2D eigenvalue weighted by Crippen LogP contribution is 2.27. The minimum Gasteiger partial charge on any atom is -0.457 e. The molecule has 2 unspecified atom stereocenters. The molecule has 2 aliphatic rings. The van der Waals surface area contributed by atoms with Crippen LogP contribution in [0.5, 0.6) is 11.5 Å². The maximum Gasteiger partial charge on any atom is 0.243 e. The van der Waals surface area contributed by atoms with E-state index in [4.69, 9.17) is 4.74 Å². The van der Waals surface area contributed by atoms with E-state index < -0.39 is 6.04 Å². The van der Waals surface area contributed by atoms with Crippen LogP contribution >= 0.6 is 23.5 Å². The van der Waals surface area contributed by atoms with Gasteiger partial charge in [-0.15, -0.1) is 0 Å². The largest absolute Gasteiger partial charge is 0.457 e. The van der Waals surface area contributed by atoms with Gasteiger partial charge in [-0.1, -0.05) is 49.6 Å². The van der Waals surface area contributed by atoms with Gasteiger partial charge in [-0.2, -0.15) is 23.5 Å². The highest BCUT2D eigenvalue weighted by molar-refractivity contribution is 7.99. The summed E-state index contributed by atoms with van der Waals surface area (Å²) in [6.45, 7) is 1.22. The van der Waals surface area contributed by atoms with E-state index in [0.29, 0.717) is 12.3 Å². The molecule has 1 aliphatic heterocycles. The Morgan fingerprint density at radius 1 is 1.03 bits per heavy atom. The number of amides is 2. The van der Waals surface area contributed by atoms with Crippen molar-refractivity contribution in [3.63, 3.8) is 0 Å². The van der Waals surface area contributed by atoms with E-state index in [1.54, 1.807) is 23.5 Å². The SMILES string of the molecule is O=C(NC(CSCC1CCCCC1)C(=O)NCc1ccc(Oc2ccccc2)cc1)C1CSCCN1. The number of nitrogens with one attached hydrogen (secondary N) is 3. The quantitative estimate of drug-likeness (QED) is 0.397. The van der Waals surface area contributed by atoms with Crippen molar-refractivity contribution in [3.8, 4) is 11.5 Å². The molecule has 6 nitrogen and oxygen atoms in total. The molecule has 4 rings (SSSR count). The van der Waals surface area contributed by atoms with Crippen LogP contribution in [-0.2, 0) is 16.1 Å². The molecule has 0 aromatic heterocycles. The topological polar surface area (TPSA) is 79.5 Å². The molecule has 36 heavy (non-hydrogen) atoms. The lowest BCUT2D eigenvalue weighted by atomic mass is 9.91. The predicted octanol–water partition coefficient (Wildman–Crippen LogP) is 4.60. The van der Waals surface area contributed by atoms with Crippen LogP contribution < -0.4 is 20.7 Å². The number of benzene rings is 2. The highest BCUT2D eigenvalue weighted by atomic mass is 32.2. The van der Waals surface area contributed by atoms with Crippen molar-refractivity contribution in [3.05, 3.63) is 60.2 Å². The smallest absolute Gasteiger partial charge is 0.243 e. The highest BCUT2D eigenvalue weighted by Gasteiger charge is 2.27. The molecule has 2 fully saturated rings. The molecule has 1 aliphatic carbocycles. The maximum absolute atomic E-state index is 13.1. The van der Waals surface area contributed by atoms with E-state index in [9.17, 15) is 9.59 Å². The van der Waals surface area contributed by atoms with Gasteiger partial charge < -0.3 is 20.7 Å². The van der Waals surface area contributed by atoms with E-state index in [0.717, 1.165) is 46.8 Å². The number of rotatable bonds is 11. The van der Waals surface area contributed by atoms with Gasteiger partial charge in [0.2, 0.25) is 11.8 Å². The Labute approximate surface area is 223 Å². The second-order valence-corrected chi connectivity index (χ2v) is 11.7. The maximum atomic E-state index is 13.1. The molecule has 1 saturated heterocycles. The molecule has 1 saturated carbocycles. The normalized spacial score (nSPS) is 19.3. The van der Waals surface area contributed by atoms with E-state index in [-0.39, 0.29) is 17.9 Å². The molecule has 2 amide bonds. The fourth-order valence-electron chi connectivity index (χ4n) is 4.51. The molecular weight excluding hydrogens is 490 g/mol. The zero-order valence-electron chi connectivity index (χ0n) is 20.7.